The Morgan fingerprint density at radius 1 is 1.21 bits per heavy atom. The number of nitrogens with one attached hydrogen (secondary N) is 1. The number of imidazole rings is 1. The second kappa shape index (κ2) is 11.1. The predicted octanol–water partition coefficient (Wildman–Crippen LogP) is -2.06. The molecule has 0 aromatic carbocycles. The monoisotopic (exact) mass is 586 g/mol. The Balaban J connectivity index is 1.26. The molecule has 2 aliphatic heterocycles. The molecule has 3 unspecified atom stereocenters. The van der Waals surface area contributed by atoms with Gasteiger partial charge in [-0.3, -0.25) is 23.4 Å². The van der Waals surface area contributed by atoms with Crippen molar-refractivity contribution < 1.29 is 38.4 Å². The van der Waals surface area contributed by atoms with Crippen molar-refractivity contribution in [3.8, 4) is 0 Å². The molecule has 6 N–H and O–H groups in total. The molecule has 211 valence electrons. The summed E-state index contributed by atoms with van der Waals surface area (Å²) in [5.74, 6) is 0.189. The lowest BCUT2D eigenvalue weighted by Gasteiger charge is -2.27. The molecule has 3 aromatic rings. The molecule has 8 atom stereocenters. The topological polar surface area (TPSA) is 231 Å². The highest BCUT2D eigenvalue weighted by Gasteiger charge is 2.49. The van der Waals surface area contributed by atoms with E-state index < -0.39 is 67.6 Å². The van der Waals surface area contributed by atoms with Gasteiger partial charge < -0.3 is 39.6 Å². The Kier molecular flexibility index (Phi) is 7.93. The number of anilines is 1. The minimum atomic E-state index is -4.03. The average Bonchev–Trinajstić information content (AvgIpc) is 3.58. The van der Waals surface area contributed by atoms with Crippen LogP contribution in [0.5, 0.6) is 0 Å². The average molecular weight is 587 g/mol. The molecule has 17 nitrogen and oxygen atoms in total. The number of hydrogen-bond donors (Lipinski definition) is 5. The van der Waals surface area contributed by atoms with E-state index in [2.05, 4.69) is 19.9 Å². The van der Waals surface area contributed by atoms with Gasteiger partial charge in [-0.15, -0.1) is 0 Å². The van der Waals surface area contributed by atoms with Crippen molar-refractivity contribution >= 4 is 35.5 Å². The van der Waals surface area contributed by atoms with Crippen LogP contribution >= 0.6 is 6.72 Å². The molecule has 2 fully saturated rings. The number of nitrogen functional groups attached to an aromatic ring is 1. The summed E-state index contributed by atoms with van der Waals surface area (Å²) in [4.78, 5) is 48.8. The summed E-state index contributed by atoms with van der Waals surface area (Å²) in [6.07, 6.45) is -1.79. The van der Waals surface area contributed by atoms with Crippen LogP contribution in [0.2, 0.25) is 0 Å². The number of aromatic amines is 1. The third-order valence-electron chi connectivity index (χ3n) is 6.24. The number of fused-ring (bicyclic) bond motifs is 1. The summed E-state index contributed by atoms with van der Waals surface area (Å²) >= 11 is 5.16. The van der Waals surface area contributed by atoms with E-state index in [1.165, 1.54) is 32.4 Å². The number of H-pyrrole nitrogens is 1. The minimum Gasteiger partial charge on any atom is -0.394 e. The van der Waals surface area contributed by atoms with Gasteiger partial charge in [-0.05, 0) is 11.8 Å². The lowest BCUT2D eigenvalue weighted by atomic mass is 10.1. The Labute approximate surface area is 224 Å². The quantitative estimate of drug-likeness (QED) is 0.170. The Morgan fingerprint density at radius 2 is 2.00 bits per heavy atom. The maximum atomic E-state index is 12.3. The maximum absolute atomic E-state index is 12.3. The first kappa shape index (κ1) is 27.9. The molecule has 5 rings (SSSR count). The van der Waals surface area contributed by atoms with Gasteiger partial charge in [0.05, 0.1) is 25.6 Å². The van der Waals surface area contributed by atoms with Crippen molar-refractivity contribution in [1.29, 1.82) is 0 Å². The highest BCUT2D eigenvalue weighted by molar-refractivity contribution is 8.07. The van der Waals surface area contributed by atoms with Crippen LogP contribution in [0.3, 0.4) is 0 Å². The number of aromatic nitrogens is 6. The molecule has 0 saturated carbocycles. The standard InChI is InChI=1S/C20H25N7O10PS/c1-33-16-15(10(5-28)36-19(16)26-3-2-12(30)25-20(26)31)37-38(32,39)34-6-11-9(29)4-13(35-11)27-8-24-14-17(21)22-7-23-18(14)27/h2-4,7-11,13,15-16,19,28-29H,5-6H2,1H3,(H,32,39)(H2,21,22,23)(H,25,30,31)/t9?,10-,11-,13-,15?,16+,19-,38?/m1/s1. The van der Waals surface area contributed by atoms with Gasteiger partial charge in [-0.25, -0.2) is 19.7 Å². The fourth-order valence-electron chi connectivity index (χ4n) is 4.39. The normalized spacial score (nSPS) is 30.6. The van der Waals surface area contributed by atoms with Crippen LogP contribution in [0.15, 0.2) is 34.5 Å². The smallest absolute Gasteiger partial charge is 0.330 e. The fraction of sp³-hybridized carbons (Fsp3) is 0.500. The summed E-state index contributed by atoms with van der Waals surface area (Å²) in [7, 11) is 1.31. The number of rotatable bonds is 9. The molecule has 1 radical (unpaired) electrons. The molecule has 5 heterocycles. The summed E-state index contributed by atoms with van der Waals surface area (Å²) in [6, 6.07) is 1.12. The number of nitrogens with two attached hydrogens (primary N) is 1. The predicted molar refractivity (Wildman–Crippen MR) is 134 cm³/mol. The van der Waals surface area contributed by atoms with Crippen molar-refractivity contribution in [1.82, 2.24) is 29.1 Å². The second-order valence-corrected chi connectivity index (χ2v) is 11.4. The third-order valence-corrected chi connectivity index (χ3v) is 7.80. The van der Waals surface area contributed by atoms with E-state index >= 15 is 0 Å². The molecule has 0 spiro atoms. The fourth-order valence-corrected chi connectivity index (χ4v) is 5.83. The Morgan fingerprint density at radius 3 is 2.72 bits per heavy atom. The van der Waals surface area contributed by atoms with Crippen molar-refractivity contribution in [3.05, 3.63) is 52.2 Å². The largest absolute Gasteiger partial charge is 0.394 e. The Bertz CT molecular complexity index is 1500. The van der Waals surface area contributed by atoms with E-state index in [1.54, 1.807) is 4.57 Å². The van der Waals surface area contributed by atoms with E-state index in [0.29, 0.717) is 11.2 Å². The molecule has 19 heteroatoms. The van der Waals surface area contributed by atoms with Gasteiger partial charge in [0.1, 0.15) is 42.5 Å². The van der Waals surface area contributed by atoms with Gasteiger partial charge in [-0.2, -0.15) is 0 Å². The number of aliphatic hydroxyl groups excluding tert-OH is 2. The number of nitrogens with zero attached hydrogens (tertiary/aromatic N) is 5. The van der Waals surface area contributed by atoms with Crippen molar-refractivity contribution in [3.63, 3.8) is 0 Å². The zero-order valence-corrected chi connectivity index (χ0v) is 21.9. The summed E-state index contributed by atoms with van der Waals surface area (Å²) in [6.45, 7) is -4.95. The zero-order valence-electron chi connectivity index (χ0n) is 20.2. The van der Waals surface area contributed by atoms with Gasteiger partial charge in [0.25, 0.3) is 5.56 Å². The molecule has 2 saturated heterocycles. The van der Waals surface area contributed by atoms with Gasteiger partial charge in [0, 0.05) is 25.8 Å². The first-order valence-corrected chi connectivity index (χ1v) is 14.1. The van der Waals surface area contributed by atoms with E-state index in [1.807, 2.05) is 0 Å². The van der Waals surface area contributed by atoms with Gasteiger partial charge in [0.15, 0.2) is 17.7 Å². The van der Waals surface area contributed by atoms with E-state index in [0.717, 1.165) is 10.6 Å². The highest BCUT2D eigenvalue weighted by atomic mass is 32.5. The molecule has 3 aromatic heterocycles. The lowest BCUT2D eigenvalue weighted by molar-refractivity contribution is -0.0625. The molecule has 2 aliphatic rings. The van der Waals surface area contributed by atoms with E-state index in [9.17, 15) is 24.7 Å². The van der Waals surface area contributed by atoms with Crippen LogP contribution in [0, 0.1) is 6.42 Å². The molecular weight excluding hydrogens is 561 g/mol. The first-order chi connectivity index (χ1) is 18.6. The summed E-state index contributed by atoms with van der Waals surface area (Å²) in [5.41, 5.74) is 5.20. The molecule has 0 bridgehead atoms. The number of methoxy groups -OCH3 is 1. The molecule has 0 amide bonds. The van der Waals surface area contributed by atoms with Crippen LogP contribution in [0.4, 0.5) is 5.82 Å². The SMILES string of the molecule is CO[C@H]1C(OP(O)(=S)OC[C@H]2O[C@@H](n3cnc4c(N)ncnc43)[CH]C2O)[C@@H](CO)O[C@H]1n1ccc(=O)[nH]c1=O. The molecule has 0 aliphatic carbocycles. The first-order valence-electron chi connectivity index (χ1n) is 11.5. The number of aliphatic hydroxyl groups is 2. The number of ether oxygens (including phenoxy) is 3. The van der Waals surface area contributed by atoms with Crippen LogP contribution in [-0.4, -0.2) is 95.0 Å². The van der Waals surface area contributed by atoms with Crippen molar-refractivity contribution in [2.24, 2.45) is 0 Å². The van der Waals surface area contributed by atoms with Crippen LogP contribution in [0.25, 0.3) is 11.2 Å². The van der Waals surface area contributed by atoms with Crippen LogP contribution < -0.4 is 17.0 Å². The van der Waals surface area contributed by atoms with Gasteiger partial charge >= 0.3 is 12.4 Å². The molecule has 39 heavy (non-hydrogen) atoms. The summed E-state index contributed by atoms with van der Waals surface area (Å²) < 4.78 is 30.7. The van der Waals surface area contributed by atoms with Crippen LogP contribution in [-0.2, 0) is 35.1 Å². The molecular formula is C20H25N7O10PS. The highest BCUT2D eigenvalue weighted by Crippen LogP contribution is 2.49. The van der Waals surface area contributed by atoms with E-state index in [-0.39, 0.29) is 12.4 Å². The number of hydrogen-bond acceptors (Lipinski definition) is 14. The zero-order chi connectivity index (χ0) is 27.9. The third kappa shape index (κ3) is 5.53. The maximum Gasteiger partial charge on any atom is 0.330 e. The second-order valence-electron chi connectivity index (χ2n) is 8.63. The van der Waals surface area contributed by atoms with Crippen molar-refractivity contribution in [2.45, 2.75) is 43.0 Å². The minimum absolute atomic E-state index is 0.189. The van der Waals surface area contributed by atoms with Gasteiger partial charge in [-0.1, -0.05) is 0 Å². The lowest BCUT2D eigenvalue weighted by Crippen LogP contribution is -2.40. The Hall–Kier alpha value is -2.64. The summed E-state index contributed by atoms with van der Waals surface area (Å²) in [5, 5.41) is 20.3. The van der Waals surface area contributed by atoms with Crippen molar-refractivity contribution in [2.75, 3.05) is 26.1 Å². The van der Waals surface area contributed by atoms with E-state index in [4.69, 9.17) is 40.8 Å². The van der Waals surface area contributed by atoms with Gasteiger partial charge in [0.2, 0.25) is 0 Å². The van der Waals surface area contributed by atoms with Crippen LogP contribution in [0.1, 0.15) is 12.5 Å².